The van der Waals surface area contributed by atoms with Crippen LogP contribution in [0.2, 0.25) is 0 Å². The summed E-state index contributed by atoms with van der Waals surface area (Å²) < 4.78 is 1.03. The maximum Gasteiger partial charge on any atom is 0.249 e. The van der Waals surface area contributed by atoms with E-state index in [1.807, 2.05) is 42.6 Å². The molecule has 2 aromatic heterocycles. The van der Waals surface area contributed by atoms with Crippen molar-refractivity contribution in [2.45, 2.75) is 32.7 Å². The lowest BCUT2D eigenvalue weighted by molar-refractivity contribution is -0.125. The molecular formula is C22H22N4O2S. The maximum absolute atomic E-state index is 12.9. The highest BCUT2D eigenvalue weighted by Gasteiger charge is 2.22. The lowest BCUT2D eigenvalue weighted by atomic mass is 10.0. The molecule has 0 aliphatic carbocycles. The average molecular weight is 407 g/mol. The smallest absolute Gasteiger partial charge is 0.249 e. The summed E-state index contributed by atoms with van der Waals surface area (Å²) in [7, 11) is 0. The van der Waals surface area contributed by atoms with Crippen LogP contribution in [0.15, 0.2) is 48.7 Å². The van der Waals surface area contributed by atoms with Gasteiger partial charge in [-0.3, -0.25) is 9.59 Å². The molecule has 0 fully saturated rings. The summed E-state index contributed by atoms with van der Waals surface area (Å²) in [6.45, 7) is 3.52. The number of nitrogens with zero attached hydrogens (tertiary/aromatic N) is 1. The van der Waals surface area contributed by atoms with Gasteiger partial charge in [-0.1, -0.05) is 42.5 Å². The van der Waals surface area contributed by atoms with Gasteiger partial charge in [-0.15, -0.1) is 0 Å². The molecule has 0 bridgehead atoms. The third-order valence-corrected chi connectivity index (χ3v) is 5.82. The number of thiazole rings is 1. The molecule has 4 aromatic rings. The summed E-state index contributed by atoms with van der Waals surface area (Å²) in [5.74, 6) is -0.526. The summed E-state index contributed by atoms with van der Waals surface area (Å²) in [4.78, 5) is 32.4. The summed E-state index contributed by atoms with van der Waals surface area (Å²) in [6.07, 6.45) is 3.22. The van der Waals surface area contributed by atoms with Crippen LogP contribution < -0.4 is 10.6 Å². The Morgan fingerprint density at radius 2 is 2.03 bits per heavy atom. The third kappa shape index (κ3) is 4.14. The van der Waals surface area contributed by atoms with Crippen molar-refractivity contribution in [3.63, 3.8) is 0 Å². The molecule has 2 aromatic carbocycles. The second-order valence-corrected chi connectivity index (χ2v) is 8.01. The van der Waals surface area contributed by atoms with Crippen molar-refractivity contribution < 1.29 is 9.59 Å². The second kappa shape index (κ2) is 8.05. The quantitative estimate of drug-likeness (QED) is 0.452. The minimum Gasteiger partial charge on any atom is -0.361 e. The van der Waals surface area contributed by atoms with Gasteiger partial charge in [0.15, 0.2) is 5.13 Å². The van der Waals surface area contributed by atoms with E-state index in [2.05, 4.69) is 33.6 Å². The molecule has 0 saturated heterocycles. The van der Waals surface area contributed by atoms with Crippen LogP contribution in [0.1, 0.15) is 25.0 Å². The molecule has 0 aliphatic heterocycles. The van der Waals surface area contributed by atoms with E-state index in [-0.39, 0.29) is 11.8 Å². The van der Waals surface area contributed by atoms with Gasteiger partial charge in [0.1, 0.15) is 6.04 Å². The van der Waals surface area contributed by atoms with Crippen molar-refractivity contribution in [1.82, 2.24) is 15.3 Å². The number of rotatable bonds is 6. The lowest BCUT2D eigenvalue weighted by Gasteiger charge is -2.16. The Kier molecular flexibility index (Phi) is 5.31. The normalized spacial score (nSPS) is 12.2. The van der Waals surface area contributed by atoms with Gasteiger partial charge in [0.2, 0.25) is 11.8 Å². The van der Waals surface area contributed by atoms with Crippen molar-refractivity contribution in [2.75, 3.05) is 5.32 Å². The van der Waals surface area contributed by atoms with Crippen molar-refractivity contribution >= 4 is 49.4 Å². The number of carbonyl (C=O) groups excluding carboxylic acids is 2. The fraction of sp³-hybridized carbons (Fsp3) is 0.227. The van der Waals surface area contributed by atoms with Crippen LogP contribution in [0.5, 0.6) is 0 Å². The van der Waals surface area contributed by atoms with E-state index < -0.39 is 6.04 Å². The Balaban J connectivity index is 1.56. The molecule has 6 nitrogen and oxygen atoms in total. The van der Waals surface area contributed by atoms with Crippen LogP contribution in [0.25, 0.3) is 21.1 Å². The van der Waals surface area contributed by atoms with Gasteiger partial charge >= 0.3 is 0 Å². The van der Waals surface area contributed by atoms with Gasteiger partial charge in [-0.05, 0) is 35.7 Å². The van der Waals surface area contributed by atoms with Gasteiger partial charge in [-0.25, -0.2) is 4.98 Å². The van der Waals surface area contributed by atoms with Crippen LogP contribution in [0.4, 0.5) is 5.13 Å². The highest BCUT2D eigenvalue weighted by Crippen LogP contribution is 2.27. The number of aromatic amines is 1. The number of anilines is 1. The van der Waals surface area contributed by atoms with Gasteiger partial charge < -0.3 is 15.6 Å². The molecule has 2 amide bonds. The molecule has 148 valence electrons. The Bertz CT molecular complexity index is 1190. The highest BCUT2D eigenvalue weighted by atomic mass is 32.1. The zero-order valence-electron chi connectivity index (χ0n) is 16.3. The van der Waals surface area contributed by atoms with E-state index >= 15 is 0 Å². The Hall–Kier alpha value is -3.19. The lowest BCUT2D eigenvalue weighted by Crippen LogP contribution is -2.44. The second-order valence-electron chi connectivity index (χ2n) is 6.98. The number of para-hydroxylation sites is 1. The molecule has 1 atom stereocenters. The number of benzene rings is 2. The zero-order chi connectivity index (χ0) is 20.4. The van der Waals surface area contributed by atoms with E-state index in [1.165, 1.54) is 23.8 Å². The SMILES string of the molecule is CCc1ccc2nc(NC(=O)C(Cc3c[nH]c4ccccc34)NC(C)=O)sc2c1. The van der Waals surface area contributed by atoms with Crippen LogP contribution in [-0.4, -0.2) is 27.8 Å². The van der Waals surface area contributed by atoms with Crippen molar-refractivity contribution in [2.24, 2.45) is 0 Å². The first kappa shape index (κ1) is 19.1. The van der Waals surface area contributed by atoms with E-state index in [0.29, 0.717) is 11.6 Å². The van der Waals surface area contributed by atoms with E-state index in [1.54, 1.807) is 0 Å². The molecular weight excluding hydrogens is 384 g/mol. The van der Waals surface area contributed by atoms with Crippen LogP contribution >= 0.6 is 11.3 Å². The number of aromatic nitrogens is 2. The largest absolute Gasteiger partial charge is 0.361 e. The van der Waals surface area contributed by atoms with E-state index in [9.17, 15) is 9.59 Å². The molecule has 0 aliphatic rings. The van der Waals surface area contributed by atoms with Gasteiger partial charge in [0.05, 0.1) is 10.2 Å². The Labute approximate surface area is 172 Å². The van der Waals surface area contributed by atoms with Crippen LogP contribution in [0.3, 0.4) is 0 Å². The molecule has 29 heavy (non-hydrogen) atoms. The average Bonchev–Trinajstić information content (AvgIpc) is 3.30. The summed E-state index contributed by atoms with van der Waals surface area (Å²) in [5, 5.41) is 7.22. The van der Waals surface area contributed by atoms with Gasteiger partial charge in [0.25, 0.3) is 0 Å². The molecule has 4 rings (SSSR count). The number of fused-ring (bicyclic) bond motifs is 2. The first-order chi connectivity index (χ1) is 14.0. The van der Waals surface area contributed by atoms with E-state index in [0.717, 1.165) is 33.1 Å². The summed E-state index contributed by atoms with van der Waals surface area (Å²) in [5.41, 5.74) is 4.07. The fourth-order valence-electron chi connectivity index (χ4n) is 3.41. The third-order valence-electron chi connectivity index (χ3n) is 4.88. The Morgan fingerprint density at radius 1 is 1.21 bits per heavy atom. The summed E-state index contributed by atoms with van der Waals surface area (Å²) >= 11 is 1.44. The maximum atomic E-state index is 12.9. The number of hydrogen-bond acceptors (Lipinski definition) is 4. The first-order valence-corrected chi connectivity index (χ1v) is 10.4. The molecule has 0 radical (unpaired) electrons. The summed E-state index contributed by atoms with van der Waals surface area (Å²) in [6, 6.07) is 13.3. The molecule has 0 spiro atoms. The molecule has 3 N–H and O–H groups in total. The molecule has 0 saturated carbocycles. The number of aryl methyl sites for hydroxylation is 1. The molecule has 7 heteroatoms. The fourth-order valence-corrected chi connectivity index (χ4v) is 4.34. The first-order valence-electron chi connectivity index (χ1n) is 9.56. The number of H-pyrrole nitrogens is 1. The highest BCUT2D eigenvalue weighted by molar-refractivity contribution is 7.22. The number of amides is 2. The minimum absolute atomic E-state index is 0.248. The predicted molar refractivity (Wildman–Crippen MR) is 117 cm³/mol. The van der Waals surface area contributed by atoms with Crippen molar-refractivity contribution in [1.29, 1.82) is 0 Å². The van der Waals surface area contributed by atoms with Crippen LogP contribution in [-0.2, 0) is 22.4 Å². The zero-order valence-corrected chi connectivity index (χ0v) is 17.1. The predicted octanol–water partition coefficient (Wildman–Crippen LogP) is 4.03. The Morgan fingerprint density at radius 3 is 2.83 bits per heavy atom. The van der Waals surface area contributed by atoms with Gasteiger partial charge in [-0.2, -0.15) is 0 Å². The van der Waals surface area contributed by atoms with Gasteiger partial charge in [0, 0.05) is 30.4 Å². The minimum atomic E-state index is -0.690. The molecule has 1 unspecified atom stereocenters. The van der Waals surface area contributed by atoms with Crippen molar-refractivity contribution in [3.8, 4) is 0 Å². The number of hydrogen-bond donors (Lipinski definition) is 3. The standard InChI is InChI=1S/C22H22N4O2S/c1-3-14-8-9-18-20(10-14)29-22(25-18)26-21(28)19(24-13(2)27)11-15-12-23-17-7-5-4-6-16(15)17/h4-10,12,19,23H,3,11H2,1-2H3,(H,24,27)(H,25,26,28). The monoisotopic (exact) mass is 406 g/mol. The van der Waals surface area contributed by atoms with E-state index in [4.69, 9.17) is 0 Å². The number of carbonyl (C=O) groups is 2. The van der Waals surface area contributed by atoms with Crippen molar-refractivity contribution in [3.05, 3.63) is 59.8 Å². The van der Waals surface area contributed by atoms with Crippen LogP contribution in [0, 0.1) is 0 Å². The molecule has 2 heterocycles. The topological polar surface area (TPSA) is 86.9 Å². The number of nitrogens with one attached hydrogen (secondary N) is 3.